The van der Waals surface area contributed by atoms with Gasteiger partial charge in [0.25, 0.3) is 0 Å². The largest absolute Gasteiger partial charge is 0.384 e. The van der Waals surface area contributed by atoms with Gasteiger partial charge in [0.05, 0.1) is 0 Å². The van der Waals surface area contributed by atoms with E-state index in [-0.39, 0.29) is 5.84 Å². The SMILES string of the molecule is NC(=O)/N=C(/N)C(O)Sc1ccc(Cl)cc1. The topological polar surface area (TPSA) is 102 Å². The Morgan fingerprint density at radius 3 is 2.44 bits per heavy atom. The van der Waals surface area contributed by atoms with Crippen molar-refractivity contribution in [2.24, 2.45) is 16.5 Å². The van der Waals surface area contributed by atoms with Crippen molar-refractivity contribution < 1.29 is 9.90 Å². The summed E-state index contributed by atoms with van der Waals surface area (Å²) in [5.41, 5.74) is 9.03. The van der Waals surface area contributed by atoms with Gasteiger partial charge < -0.3 is 16.6 Å². The number of urea groups is 1. The number of thioether (sulfide) groups is 1. The molecule has 2 amide bonds. The maximum atomic E-state index is 10.4. The van der Waals surface area contributed by atoms with Crippen LogP contribution in [0.4, 0.5) is 4.79 Å². The number of rotatable bonds is 3. The van der Waals surface area contributed by atoms with Gasteiger partial charge in [-0.15, -0.1) is 0 Å². The first-order valence-electron chi connectivity index (χ1n) is 4.23. The number of amidine groups is 1. The Kier molecular flexibility index (Phi) is 4.60. The van der Waals surface area contributed by atoms with E-state index in [1.807, 2.05) is 0 Å². The van der Waals surface area contributed by atoms with Gasteiger partial charge in [0.2, 0.25) is 0 Å². The zero-order valence-electron chi connectivity index (χ0n) is 8.13. The zero-order chi connectivity index (χ0) is 12.1. The molecular weight excluding hydrogens is 250 g/mol. The molecule has 86 valence electrons. The Morgan fingerprint density at radius 2 is 1.94 bits per heavy atom. The number of nitrogens with zero attached hydrogens (tertiary/aromatic N) is 1. The van der Waals surface area contributed by atoms with Crippen molar-refractivity contribution in [1.82, 2.24) is 0 Å². The Bertz CT molecular complexity index is 408. The second kappa shape index (κ2) is 5.74. The molecular formula is C9H10ClN3O2S. The molecule has 0 aliphatic heterocycles. The standard InChI is InChI=1S/C9H10ClN3O2S/c10-5-1-3-6(4-2-5)16-8(14)7(11)13-9(12)15/h1-4,8,14H,(H4,11,12,13,15). The fourth-order valence-corrected chi connectivity index (χ4v) is 1.74. The molecule has 0 saturated heterocycles. The highest BCUT2D eigenvalue weighted by Gasteiger charge is 2.11. The summed E-state index contributed by atoms with van der Waals surface area (Å²) >= 11 is 6.73. The van der Waals surface area contributed by atoms with E-state index in [0.717, 1.165) is 16.7 Å². The van der Waals surface area contributed by atoms with E-state index in [4.69, 9.17) is 23.1 Å². The van der Waals surface area contributed by atoms with Gasteiger partial charge in [0.15, 0.2) is 5.44 Å². The van der Waals surface area contributed by atoms with Gasteiger partial charge in [0.1, 0.15) is 5.84 Å². The number of primary amides is 1. The number of hydrogen-bond acceptors (Lipinski definition) is 3. The lowest BCUT2D eigenvalue weighted by atomic mass is 10.4. The molecule has 1 aromatic carbocycles. The first kappa shape index (κ1) is 12.8. The van der Waals surface area contributed by atoms with E-state index >= 15 is 0 Å². The first-order valence-corrected chi connectivity index (χ1v) is 5.48. The maximum Gasteiger partial charge on any atom is 0.340 e. The van der Waals surface area contributed by atoms with Crippen LogP contribution in [0.2, 0.25) is 5.02 Å². The van der Waals surface area contributed by atoms with Gasteiger partial charge in [-0.25, -0.2) is 4.79 Å². The van der Waals surface area contributed by atoms with Crippen molar-refractivity contribution >= 4 is 35.2 Å². The predicted octanol–water partition coefficient (Wildman–Crippen LogP) is 1.19. The fraction of sp³-hybridized carbons (Fsp3) is 0.111. The van der Waals surface area contributed by atoms with Gasteiger partial charge in [0, 0.05) is 9.92 Å². The molecule has 0 heterocycles. The highest BCUT2D eigenvalue weighted by Crippen LogP contribution is 2.23. The van der Waals surface area contributed by atoms with Crippen LogP contribution in [0.25, 0.3) is 0 Å². The molecule has 0 aromatic heterocycles. The summed E-state index contributed by atoms with van der Waals surface area (Å²) < 4.78 is 0. The molecule has 1 unspecified atom stereocenters. The van der Waals surface area contributed by atoms with Gasteiger partial charge in [-0.3, -0.25) is 0 Å². The van der Waals surface area contributed by atoms with E-state index in [1.165, 1.54) is 0 Å². The van der Waals surface area contributed by atoms with E-state index in [0.29, 0.717) is 5.02 Å². The van der Waals surface area contributed by atoms with Gasteiger partial charge in [-0.1, -0.05) is 23.4 Å². The summed E-state index contributed by atoms with van der Waals surface area (Å²) in [5, 5.41) is 10.2. The molecule has 1 aromatic rings. The molecule has 16 heavy (non-hydrogen) atoms. The molecule has 5 nitrogen and oxygen atoms in total. The minimum absolute atomic E-state index is 0.229. The van der Waals surface area contributed by atoms with E-state index in [1.54, 1.807) is 24.3 Å². The number of amides is 2. The minimum Gasteiger partial charge on any atom is -0.384 e. The van der Waals surface area contributed by atoms with Gasteiger partial charge >= 0.3 is 6.03 Å². The summed E-state index contributed by atoms with van der Waals surface area (Å²) in [5.74, 6) is -0.229. The summed E-state index contributed by atoms with van der Waals surface area (Å²) in [4.78, 5) is 14.4. The first-order chi connectivity index (χ1) is 7.49. The average molecular weight is 260 g/mol. The lowest BCUT2D eigenvalue weighted by Gasteiger charge is -2.08. The second-order valence-electron chi connectivity index (χ2n) is 2.80. The Labute approximate surface area is 101 Å². The molecule has 0 aliphatic carbocycles. The molecule has 0 spiro atoms. The second-order valence-corrected chi connectivity index (χ2v) is 4.39. The minimum atomic E-state index is -1.12. The van der Waals surface area contributed by atoms with Crippen LogP contribution in [0.5, 0.6) is 0 Å². The third kappa shape index (κ3) is 4.09. The van der Waals surface area contributed by atoms with Crippen LogP contribution in [0, 0.1) is 0 Å². The molecule has 1 atom stereocenters. The lowest BCUT2D eigenvalue weighted by Crippen LogP contribution is -2.28. The summed E-state index contributed by atoms with van der Waals surface area (Å²) in [6.07, 6.45) is 0. The van der Waals surface area contributed by atoms with Gasteiger partial charge in [-0.05, 0) is 24.3 Å². The molecule has 0 saturated carbocycles. The highest BCUT2D eigenvalue weighted by atomic mass is 35.5. The van der Waals surface area contributed by atoms with Crippen LogP contribution < -0.4 is 11.5 Å². The summed E-state index contributed by atoms with van der Waals surface area (Å²) in [6, 6.07) is 5.85. The molecule has 1 rings (SSSR count). The van der Waals surface area contributed by atoms with Crippen molar-refractivity contribution in [1.29, 1.82) is 0 Å². The Morgan fingerprint density at radius 1 is 1.38 bits per heavy atom. The molecule has 5 N–H and O–H groups in total. The normalized spacial score (nSPS) is 13.5. The molecule has 0 radical (unpaired) electrons. The Balaban J connectivity index is 2.67. The van der Waals surface area contributed by atoms with E-state index in [2.05, 4.69) is 4.99 Å². The fourth-order valence-electron chi connectivity index (χ4n) is 0.885. The van der Waals surface area contributed by atoms with E-state index in [9.17, 15) is 9.90 Å². The van der Waals surface area contributed by atoms with Gasteiger partial charge in [-0.2, -0.15) is 4.99 Å². The molecule has 0 fully saturated rings. The zero-order valence-corrected chi connectivity index (χ0v) is 9.70. The number of benzene rings is 1. The van der Waals surface area contributed by atoms with Crippen LogP contribution in [-0.4, -0.2) is 22.4 Å². The number of aliphatic imine (C=N–C) groups is 1. The molecule has 0 bridgehead atoms. The Hall–Kier alpha value is -1.24. The number of aliphatic hydroxyl groups excluding tert-OH is 1. The summed E-state index contributed by atoms with van der Waals surface area (Å²) in [7, 11) is 0. The number of hydrogen-bond donors (Lipinski definition) is 3. The van der Waals surface area contributed by atoms with Crippen molar-refractivity contribution in [3.05, 3.63) is 29.3 Å². The van der Waals surface area contributed by atoms with Crippen molar-refractivity contribution in [3.63, 3.8) is 0 Å². The quantitative estimate of drug-likeness (QED) is 0.328. The average Bonchev–Trinajstić information content (AvgIpc) is 2.20. The third-order valence-electron chi connectivity index (χ3n) is 1.55. The molecule has 7 heteroatoms. The van der Waals surface area contributed by atoms with E-state index < -0.39 is 11.5 Å². The van der Waals surface area contributed by atoms with Crippen molar-refractivity contribution in [2.45, 2.75) is 10.3 Å². The number of nitrogens with two attached hydrogens (primary N) is 2. The van der Waals surface area contributed by atoms with Crippen LogP contribution >= 0.6 is 23.4 Å². The monoisotopic (exact) mass is 259 g/mol. The highest BCUT2D eigenvalue weighted by molar-refractivity contribution is 8.00. The van der Waals surface area contributed by atoms with Crippen molar-refractivity contribution in [3.8, 4) is 0 Å². The summed E-state index contributed by atoms with van der Waals surface area (Å²) in [6.45, 7) is 0. The van der Waals surface area contributed by atoms with Crippen LogP contribution in [0.15, 0.2) is 34.2 Å². The predicted molar refractivity (Wildman–Crippen MR) is 64.5 cm³/mol. The number of halogens is 1. The maximum absolute atomic E-state index is 10.4. The molecule has 0 aliphatic rings. The van der Waals surface area contributed by atoms with Crippen LogP contribution in [-0.2, 0) is 0 Å². The smallest absolute Gasteiger partial charge is 0.340 e. The lowest BCUT2D eigenvalue weighted by molar-refractivity contribution is 0.256. The number of carbonyl (C=O) groups is 1. The third-order valence-corrected chi connectivity index (χ3v) is 2.81. The number of aliphatic hydroxyl groups is 1. The number of carbonyl (C=O) groups excluding carboxylic acids is 1. The van der Waals surface area contributed by atoms with Crippen LogP contribution in [0.1, 0.15) is 0 Å². The van der Waals surface area contributed by atoms with Crippen LogP contribution in [0.3, 0.4) is 0 Å². The van der Waals surface area contributed by atoms with Crippen molar-refractivity contribution in [2.75, 3.05) is 0 Å².